The quantitative estimate of drug-likeness (QED) is 0.581. The molecule has 33 heavy (non-hydrogen) atoms. The van der Waals surface area contributed by atoms with Gasteiger partial charge in [-0.3, -0.25) is 0 Å². The Bertz CT molecular complexity index is 784. The topological polar surface area (TPSA) is 117 Å². The van der Waals surface area contributed by atoms with Crippen LogP contribution in [-0.2, 0) is 14.2 Å². The number of aliphatic hydroxyl groups excluding tert-OH is 2. The molecule has 3 aliphatic heterocycles. The van der Waals surface area contributed by atoms with Gasteiger partial charge in [-0.1, -0.05) is 0 Å². The van der Waals surface area contributed by atoms with E-state index in [1.807, 2.05) is 0 Å². The molecule has 1 aromatic heterocycles. The summed E-state index contributed by atoms with van der Waals surface area (Å²) in [6.07, 6.45) is 1.38. The van der Waals surface area contributed by atoms with Gasteiger partial charge in [-0.2, -0.15) is 15.0 Å². The molecule has 0 bridgehead atoms. The third-order valence-corrected chi connectivity index (χ3v) is 6.54. The van der Waals surface area contributed by atoms with Crippen molar-refractivity contribution in [3.63, 3.8) is 0 Å². The molecular formula is C22H38N6O5. The minimum Gasteiger partial charge on any atom is -0.395 e. The zero-order chi connectivity index (χ0) is 23.7. The molecule has 11 nitrogen and oxygen atoms in total. The molecule has 4 rings (SSSR count). The first kappa shape index (κ1) is 24.3. The van der Waals surface area contributed by atoms with Crippen LogP contribution >= 0.6 is 0 Å². The third-order valence-electron chi connectivity index (χ3n) is 6.54. The number of anilines is 3. The molecule has 3 fully saturated rings. The number of hydrogen-bond donors (Lipinski definition) is 2. The fourth-order valence-electron chi connectivity index (χ4n) is 5.64. The normalized spacial score (nSPS) is 23.8. The molecular weight excluding hydrogens is 428 g/mol. The lowest BCUT2D eigenvalue weighted by Gasteiger charge is -2.57. The van der Waals surface area contributed by atoms with Crippen LogP contribution in [0.3, 0.4) is 0 Å². The zero-order valence-electron chi connectivity index (χ0n) is 20.3. The van der Waals surface area contributed by atoms with Gasteiger partial charge >= 0.3 is 0 Å². The summed E-state index contributed by atoms with van der Waals surface area (Å²) in [6.45, 7) is 13.0. The number of piperidine rings is 1. The molecule has 0 saturated carbocycles. The maximum Gasteiger partial charge on any atom is 0.232 e. The highest BCUT2D eigenvalue weighted by molar-refractivity contribution is 5.50. The molecule has 186 valence electrons. The molecule has 0 aromatic carbocycles. The molecule has 0 atom stereocenters. The van der Waals surface area contributed by atoms with E-state index in [9.17, 15) is 10.2 Å². The Morgan fingerprint density at radius 2 is 1.36 bits per heavy atom. The highest BCUT2D eigenvalue weighted by Crippen LogP contribution is 2.48. The van der Waals surface area contributed by atoms with Crippen molar-refractivity contribution in [3.8, 4) is 0 Å². The van der Waals surface area contributed by atoms with Crippen molar-refractivity contribution < 1.29 is 24.4 Å². The Labute approximate surface area is 195 Å². The molecule has 11 heteroatoms. The number of rotatable bonds is 7. The summed E-state index contributed by atoms with van der Waals surface area (Å²) < 4.78 is 17.7. The Morgan fingerprint density at radius 1 is 0.818 bits per heavy atom. The fourth-order valence-corrected chi connectivity index (χ4v) is 5.64. The van der Waals surface area contributed by atoms with Gasteiger partial charge in [0.15, 0.2) is 5.79 Å². The average Bonchev–Trinajstić information content (AvgIpc) is 3.18. The van der Waals surface area contributed by atoms with E-state index >= 15 is 0 Å². The monoisotopic (exact) mass is 466 g/mol. The lowest BCUT2D eigenvalue weighted by Crippen LogP contribution is -2.66. The highest BCUT2D eigenvalue weighted by Gasteiger charge is 2.56. The summed E-state index contributed by atoms with van der Waals surface area (Å²) in [5.74, 6) is 1.01. The second-order valence-electron chi connectivity index (χ2n) is 10.2. The highest BCUT2D eigenvalue weighted by atomic mass is 16.7. The van der Waals surface area contributed by atoms with Crippen LogP contribution in [0.5, 0.6) is 0 Å². The number of ether oxygens (including phenoxy) is 3. The standard InChI is InChI=1S/C22H38N6O5/c1-20(2)15-22(32-13-14-33-22)16-21(3,4)28(20)19-24-17(26(5-9-29)6-10-30)23-18(25-19)27-7-11-31-12-8-27/h29-30H,5-16H2,1-4H3. The van der Waals surface area contributed by atoms with Gasteiger partial charge < -0.3 is 39.1 Å². The first-order valence-corrected chi connectivity index (χ1v) is 11.8. The summed E-state index contributed by atoms with van der Waals surface area (Å²) in [6, 6.07) is 0. The Balaban J connectivity index is 1.76. The van der Waals surface area contributed by atoms with Crippen LogP contribution in [0.15, 0.2) is 0 Å². The van der Waals surface area contributed by atoms with Crippen LogP contribution in [0.2, 0.25) is 0 Å². The molecule has 0 amide bonds. The van der Waals surface area contributed by atoms with Gasteiger partial charge in [0.05, 0.1) is 39.6 Å². The molecule has 0 unspecified atom stereocenters. The van der Waals surface area contributed by atoms with Gasteiger partial charge in [-0.15, -0.1) is 0 Å². The number of nitrogens with zero attached hydrogens (tertiary/aromatic N) is 6. The van der Waals surface area contributed by atoms with E-state index in [1.54, 1.807) is 4.90 Å². The van der Waals surface area contributed by atoms with E-state index in [-0.39, 0.29) is 24.3 Å². The van der Waals surface area contributed by atoms with Gasteiger partial charge in [0.2, 0.25) is 17.8 Å². The lowest BCUT2D eigenvalue weighted by molar-refractivity contribution is -0.198. The second-order valence-corrected chi connectivity index (χ2v) is 10.2. The van der Waals surface area contributed by atoms with Crippen molar-refractivity contribution in [2.75, 3.05) is 80.5 Å². The number of aromatic nitrogens is 3. The zero-order valence-corrected chi connectivity index (χ0v) is 20.3. The van der Waals surface area contributed by atoms with Crippen molar-refractivity contribution in [1.29, 1.82) is 0 Å². The van der Waals surface area contributed by atoms with Gasteiger partial charge in [0.1, 0.15) is 0 Å². The Morgan fingerprint density at radius 3 is 1.91 bits per heavy atom. The molecule has 1 spiro atoms. The van der Waals surface area contributed by atoms with Crippen LogP contribution in [0, 0.1) is 0 Å². The van der Waals surface area contributed by atoms with Crippen LogP contribution in [0.25, 0.3) is 0 Å². The van der Waals surface area contributed by atoms with Crippen molar-refractivity contribution in [1.82, 2.24) is 15.0 Å². The first-order valence-electron chi connectivity index (χ1n) is 11.8. The number of morpholine rings is 1. The van der Waals surface area contributed by atoms with E-state index < -0.39 is 5.79 Å². The van der Waals surface area contributed by atoms with Crippen molar-refractivity contribution >= 4 is 17.8 Å². The van der Waals surface area contributed by atoms with E-state index in [2.05, 4.69) is 37.5 Å². The summed E-state index contributed by atoms with van der Waals surface area (Å²) in [5.41, 5.74) is -0.711. The predicted octanol–water partition coefficient (Wildman–Crippen LogP) is 0.400. The van der Waals surface area contributed by atoms with Crippen molar-refractivity contribution in [2.45, 2.75) is 57.4 Å². The summed E-state index contributed by atoms with van der Waals surface area (Å²) >= 11 is 0. The molecule has 1 aromatic rings. The van der Waals surface area contributed by atoms with Crippen LogP contribution in [-0.4, -0.2) is 108 Å². The van der Waals surface area contributed by atoms with E-state index in [0.29, 0.717) is 83.3 Å². The Hall–Kier alpha value is -1.79. The van der Waals surface area contributed by atoms with Crippen LogP contribution in [0.1, 0.15) is 40.5 Å². The molecule has 0 radical (unpaired) electrons. The number of aliphatic hydroxyl groups is 2. The van der Waals surface area contributed by atoms with Gasteiger partial charge in [-0.05, 0) is 27.7 Å². The largest absolute Gasteiger partial charge is 0.395 e. The van der Waals surface area contributed by atoms with E-state index in [0.717, 1.165) is 0 Å². The van der Waals surface area contributed by atoms with Crippen molar-refractivity contribution in [3.05, 3.63) is 0 Å². The van der Waals surface area contributed by atoms with E-state index in [1.165, 1.54) is 0 Å². The molecule has 0 aliphatic carbocycles. The maximum absolute atomic E-state index is 9.59. The fraction of sp³-hybridized carbons (Fsp3) is 0.864. The first-order chi connectivity index (χ1) is 15.7. The van der Waals surface area contributed by atoms with E-state index in [4.69, 9.17) is 29.2 Å². The smallest absolute Gasteiger partial charge is 0.232 e. The third kappa shape index (κ3) is 5.02. The van der Waals surface area contributed by atoms with Gasteiger partial charge in [0, 0.05) is 50.1 Å². The van der Waals surface area contributed by atoms with Crippen LogP contribution in [0.4, 0.5) is 17.8 Å². The van der Waals surface area contributed by atoms with Gasteiger partial charge in [-0.25, -0.2) is 0 Å². The molecule has 2 N–H and O–H groups in total. The minimum absolute atomic E-state index is 0.0637. The maximum atomic E-state index is 9.59. The van der Waals surface area contributed by atoms with Crippen LogP contribution < -0.4 is 14.7 Å². The molecule has 4 heterocycles. The summed E-state index contributed by atoms with van der Waals surface area (Å²) in [7, 11) is 0. The predicted molar refractivity (Wildman–Crippen MR) is 124 cm³/mol. The summed E-state index contributed by atoms with van der Waals surface area (Å²) in [5, 5.41) is 19.2. The average molecular weight is 467 g/mol. The Kier molecular flexibility index (Phi) is 6.97. The number of hydrogen-bond acceptors (Lipinski definition) is 11. The van der Waals surface area contributed by atoms with Gasteiger partial charge in [0.25, 0.3) is 0 Å². The molecule has 3 aliphatic rings. The second kappa shape index (κ2) is 9.46. The summed E-state index contributed by atoms with van der Waals surface area (Å²) in [4.78, 5) is 20.7. The lowest BCUT2D eigenvalue weighted by atomic mass is 9.76. The SMILES string of the molecule is CC1(C)CC2(CC(C)(C)N1c1nc(N(CCO)CCO)nc(N3CCOCC3)n1)OCCO2. The van der Waals surface area contributed by atoms with Crippen molar-refractivity contribution in [2.24, 2.45) is 0 Å². The molecule has 3 saturated heterocycles. The minimum atomic E-state index is -0.591.